The van der Waals surface area contributed by atoms with E-state index in [9.17, 15) is 0 Å². The summed E-state index contributed by atoms with van der Waals surface area (Å²) in [5.74, 6) is 3.53. The standard InChI is InChI=1S/C23H36N6O2.HI/c1-4-25-23(28-9-7-18(2)21(16-28)29-10-8-24-17-29)26-15-20(22-6-5-19(3)31-22)27-11-13-30-14-12-27;/h5-6,8,10,17-18,20-21H,4,7,9,11-16H2,1-3H3,(H,25,26);1H. The Hall–Kier alpha value is -1.59. The number of nitrogens with zero attached hydrogens (tertiary/aromatic N) is 5. The van der Waals surface area contributed by atoms with Crippen molar-refractivity contribution in [3.63, 3.8) is 0 Å². The van der Waals surface area contributed by atoms with Crippen molar-refractivity contribution in [2.75, 3.05) is 52.5 Å². The van der Waals surface area contributed by atoms with Crippen LogP contribution in [0.15, 0.2) is 40.3 Å². The summed E-state index contributed by atoms with van der Waals surface area (Å²) in [5, 5.41) is 3.53. The number of likely N-dealkylation sites (tertiary alicyclic amines) is 1. The van der Waals surface area contributed by atoms with Crippen molar-refractivity contribution in [1.82, 2.24) is 24.7 Å². The molecule has 1 N–H and O–H groups in total. The number of aryl methyl sites for hydroxylation is 1. The number of ether oxygens (including phenoxy) is 1. The van der Waals surface area contributed by atoms with Gasteiger partial charge in [0.25, 0.3) is 0 Å². The van der Waals surface area contributed by atoms with E-state index in [4.69, 9.17) is 14.1 Å². The Morgan fingerprint density at radius 1 is 1.28 bits per heavy atom. The minimum atomic E-state index is 0. The van der Waals surface area contributed by atoms with E-state index in [1.54, 1.807) is 0 Å². The lowest BCUT2D eigenvalue weighted by Gasteiger charge is -2.39. The first-order valence-corrected chi connectivity index (χ1v) is 11.5. The minimum Gasteiger partial charge on any atom is -0.465 e. The normalized spacial score (nSPS) is 23.6. The first kappa shape index (κ1) is 25.0. The number of aromatic nitrogens is 2. The predicted octanol–water partition coefficient (Wildman–Crippen LogP) is 3.32. The molecule has 0 radical (unpaired) electrons. The molecule has 178 valence electrons. The first-order valence-electron chi connectivity index (χ1n) is 11.5. The highest BCUT2D eigenvalue weighted by molar-refractivity contribution is 14.0. The van der Waals surface area contributed by atoms with E-state index in [0.29, 0.717) is 18.5 Å². The topological polar surface area (TPSA) is 71.1 Å². The molecule has 0 aromatic carbocycles. The Bertz CT molecular complexity index is 833. The molecule has 32 heavy (non-hydrogen) atoms. The molecule has 0 amide bonds. The van der Waals surface area contributed by atoms with Crippen LogP contribution in [0.1, 0.15) is 43.9 Å². The average Bonchev–Trinajstić information content (AvgIpc) is 3.47. The number of guanidine groups is 1. The summed E-state index contributed by atoms with van der Waals surface area (Å²) in [4.78, 5) is 14.2. The van der Waals surface area contributed by atoms with Crippen molar-refractivity contribution in [2.24, 2.45) is 10.9 Å². The molecule has 2 saturated heterocycles. The summed E-state index contributed by atoms with van der Waals surface area (Å²) < 4.78 is 13.8. The zero-order valence-corrected chi connectivity index (χ0v) is 21.8. The molecule has 0 aliphatic carbocycles. The number of rotatable bonds is 6. The Labute approximate surface area is 208 Å². The van der Waals surface area contributed by atoms with Crippen molar-refractivity contribution < 1.29 is 9.15 Å². The number of aliphatic imine (C=N–C) groups is 1. The number of furan rings is 1. The van der Waals surface area contributed by atoms with Crippen LogP contribution < -0.4 is 5.32 Å². The van der Waals surface area contributed by atoms with Gasteiger partial charge in [0.15, 0.2) is 5.96 Å². The van der Waals surface area contributed by atoms with Crippen molar-refractivity contribution in [3.05, 3.63) is 42.4 Å². The van der Waals surface area contributed by atoms with Gasteiger partial charge >= 0.3 is 0 Å². The van der Waals surface area contributed by atoms with Crippen molar-refractivity contribution in [1.29, 1.82) is 0 Å². The second-order valence-corrected chi connectivity index (χ2v) is 8.60. The molecule has 9 heteroatoms. The van der Waals surface area contributed by atoms with E-state index in [1.807, 2.05) is 25.5 Å². The second-order valence-electron chi connectivity index (χ2n) is 8.60. The quantitative estimate of drug-likeness (QED) is 0.335. The fourth-order valence-electron chi connectivity index (χ4n) is 4.60. The van der Waals surface area contributed by atoms with Crippen LogP contribution in [0.2, 0.25) is 0 Å². The molecule has 4 rings (SSSR count). The van der Waals surface area contributed by atoms with Crippen LogP contribution in [0, 0.1) is 12.8 Å². The fourth-order valence-corrected chi connectivity index (χ4v) is 4.60. The Morgan fingerprint density at radius 2 is 2.09 bits per heavy atom. The molecule has 0 spiro atoms. The first-order chi connectivity index (χ1) is 15.2. The van der Waals surface area contributed by atoms with Crippen LogP contribution in [0.25, 0.3) is 0 Å². The molecule has 2 aromatic rings. The van der Waals surface area contributed by atoms with E-state index in [1.165, 1.54) is 0 Å². The molecular weight excluding hydrogens is 519 g/mol. The lowest BCUT2D eigenvalue weighted by molar-refractivity contribution is 0.0134. The maximum absolute atomic E-state index is 6.02. The molecule has 3 atom stereocenters. The number of imidazole rings is 1. The van der Waals surface area contributed by atoms with Gasteiger partial charge in [0.05, 0.1) is 38.2 Å². The smallest absolute Gasteiger partial charge is 0.194 e. The summed E-state index contributed by atoms with van der Waals surface area (Å²) in [6.45, 7) is 13.3. The van der Waals surface area contributed by atoms with E-state index in [-0.39, 0.29) is 30.0 Å². The monoisotopic (exact) mass is 556 g/mol. The van der Waals surface area contributed by atoms with Crippen molar-refractivity contribution in [3.8, 4) is 0 Å². The van der Waals surface area contributed by atoms with Crippen LogP contribution in [0.3, 0.4) is 0 Å². The minimum absolute atomic E-state index is 0. The van der Waals surface area contributed by atoms with Gasteiger partial charge in [-0.05, 0) is 38.3 Å². The molecule has 4 heterocycles. The summed E-state index contributed by atoms with van der Waals surface area (Å²) >= 11 is 0. The second kappa shape index (κ2) is 12.0. The molecule has 2 aromatic heterocycles. The molecule has 0 saturated carbocycles. The van der Waals surface area contributed by atoms with Gasteiger partial charge in [0.2, 0.25) is 0 Å². The largest absolute Gasteiger partial charge is 0.465 e. The summed E-state index contributed by atoms with van der Waals surface area (Å²) in [6.07, 6.45) is 7.01. The maximum Gasteiger partial charge on any atom is 0.194 e. The molecule has 2 fully saturated rings. The van der Waals surface area contributed by atoms with Gasteiger partial charge in [-0.3, -0.25) is 9.89 Å². The van der Waals surface area contributed by atoms with Crippen LogP contribution in [0.5, 0.6) is 0 Å². The van der Waals surface area contributed by atoms with Crippen LogP contribution in [0.4, 0.5) is 0 Å². The number of hydrogen-bond donors (Lipinski definition) is 1. The highest BCUT2D eigenvalue weighted by Crippen LogP contribution is 2.28. The van der Waals surface area contributed by atoms with E-state index >= 15 is 0 Å². The lowest BCUT2D eigenvalue weighted by atomic mass is 9.93. The summed E-state index contributed by atoms with van der Waals surface area (Å²) in [7, 11) is 0. The molecule has 2 aliphatic heterocycles. The van der Waals surface area contributed by atoms with Crippen molar-refractivity contribution in [2.45, 2.75) is 39.3 Å². The number of nitrogens with one attached hydrogen (secondary N) is 1. The Kier molecular flexibility index (Phi) is 9.42. The summed E-state index contributed by atoms with van der Waals surface area (Å²) in [6, 6.07) is 4.66. The molecule has 0 bridgehead atoms. The average molecular weight is 556 g/mol. The van der Waals surface area contributed by atoms with Gasteiger partial charge in [-0.2, -0.15) is 0 Å². The Morgan fingerprint density at radius 3 is 2.75 bits per heavy atom. The summed E-state index contributed by atoms with van der Waals surface area (Å²) in [5.41, 5.74) is 0. The van der Waals surface area contributed by atoms with Gasteiger partial charge in [-0.25, -0.2) is 4.98 Å². The third kappa shape index (κ3) is 6.05. The van der Waals surface area contributed by atoms with Crippen molar-refractivity contribution >= 4 is 29.9 Å². The van der Waals surface area contributed by atoms with E-state index in [0.717, 1.165) is 69.8 Å². The van der Waals surface area contributed by atoms with E-state index < -0.39 is 0 Å². The third-order valence-electron chi connectivity index (χ3n) is 6.45. The third-order valence-corrected chi connectivity index (χ3v) is 6.45. The predicted molar refractivity (Wildman–Crippen MR) is 137 cm³/mol. The number of morpholine rings is 1. The van der Waals surface area contributed by atoms with E-state index in [2.05, 4.69) is 50.8 Å². The molecule has 2 aliphatic rings. The highest BCUT2D eigenvalue weighted by atomic mass is 127. The number of piperidine rings is 1. The lowest BCUT2D eigenvalue weighted by Crippen LogP contribution is -2.49. The van der Waals surface area contributed by atoms with Crippen LogP contribution in [-0.2, 0) is 4.74 Å². The highest BCUT2D eigenvalue weighted by Gasteiger charge is 2.30. The van der Waals surface area contributed by atoms with Gasteiger partial charge in [-0.1, -0.05) is 6.92 Å². The SMILES string of the molecule is CCNC(=NCC(c1ccc(C)o1)N1CCOCC1)N1CCC(C)C(n2ccnc2)C1.I. The molecular formula is C23H37IN6O2. The maximum atomic E-state index is 6.02. The Balaban J connectivity index is 0.00000289. The fraction of sp³-hybridized carbons (Fsp3) is 0.652. The van der Waals surface area contributed by atoms with Crippen LogP contribution in [-0.4, -0.2) is 77.8 Å². The zero-order valence-electron chi connectivity index (χ0n) is 19.4. The van der Waals surface area contributed by atoms with Gasteiger partial charge in [0, 0.05) is 45.1 Å². The van der Waals surface area contributed by atoms with Gasteiger partial charge in [0.1, 0.15) is 11.5 Å². The number of hydrogen-bond acceptors (Lipinski definition) is 5. The molecule has 8 nitrogen and oxygen atoms in total. The number of halogens is 1. The van der Waals surface area contributed by atoms with Gasteiger partial charge < -0.3 is 23.9 Å². The van der Waals surface area contributed by atoms with Crippen LogP contribution >= 0.6 is 24.0 Å². The molecule has 3 unspecified atom stereocenters. The zero-order chi connectivity index (χ0) is 21.6. The van der Waals surface area contributed by atoms with Gasteiger partial charge in [-0.15, -0.1) is 24.0 Å².